The van der Waals surface area contributed by atoms with Gasteiger partial charge >= 0.3 is 17.9 Å². The number of carbonyl (C=O) groups excluding carboxylic acids is 3. The third-order valence-corrected chi connectivity index (χ3v) is 6.04. The van der Waals surface area contributed by atoms with Crippen molar-refractivity contribution in [2.75, 3.05) is 6.61 Å². The van der Waals surface area contributed by atoms with E-state index in [-0.39, 0.29) is 6.61 Å². The van der Waals surface area contributed by atoms with Crippen LogP contribution in [0.3, 0.4) is 0 Å². The molecule has 34 heavy (non-hydrogen) atoms. The van der Waals surface area contributed by atoms with Gasteiger partial charge in [-0.3, -0.25) is 0 Å². The molecule has 0 radical (unpaired) electrons. The maximum atomic E-state index is 12.8. The van der Waals surface area contributed by atoms with Gasteiger partial charge in [0.15, 0.2) is 6.10 Å². The minimum Gasteiger partial charge on any atom is -0.462 e. The van der Waals surface area contributed by atoms with Crippen LogP contribution in [0.15, 0.2) is 91.0 Å². The fraction of sp³-hybridized carbons (Fsp3) is 0.222. The van der Waals surface area contributed by atoms with Gasteiger partial charge in [-0.2, -0.15) is 0 Å². The Bertz CT molecular complexity index is 1120. The van der Waals surface area contributed by atoms with Gasteiger partial charge in [0.2, 0.25) is 0 Å². The number of carbonyl (C=O) groups is 3. The summed E-state index contributed by atoms with van der Waals surface area (Å²) in [5, 5.41) is -0.623. The first kappa shape index (κ1) is 23.5. The Hall–Kier alpha value is -3.64. The summed E-state index contributed by atoms with van der Waals surface area (Å²) in [5.41, 5.74) is 1.12. The lowest BCUT2D eigenvalue weighted by atomic mass is 10.1. The Morgan fingerprint density at radius 2 is 1.06 bits per heavy atom. The van der Waals surface area contributed by atoms with Crippen molar-refractivity contribution in [3.8, 4) is 0 Å². The van der Waals surface area contributed by atoms with Crippen LogP contribution in [0.5, 0.6) is 0 Å². The van der Waals surface area contributed by atoms with Crippen LogP contribution in [-0.2, 0) is 14.2 Å². The smallest absolute Gasteiger partial charge is 0.338 e. The standard InChI is InChI=1S/C27H23ClO6/c28-22-16-21(17-32-25(29)18-10-4-1-5-11-18)23(33-26(30)19-12-6-2-7-13-19)24(22)34-27(31)20-14-8-3-9-15-20/h1-15,21-24H,16-17H2/t21-,22+,23?,24?/m1/s1. The monoisotopic (exact) mass is 478 g/mol. The van der Waals surface area contributed by atoms with E-state index >= 15 is 0 Å². The second-order valence-corrected chi connectivity index (χ2v) is 8.51. The zero-order valence-electron chi connectivity index (χ0n) is 18.2. The Balaban J connectivity index is 1.51. The molecule has 6 nitrogen and oxygen atoms in total. The van der Waals surface area contributed by atoms with Crippen molar-refractivity contribution >= 4 is 29.5 Å². The molecule has 3 aromatic rings. The average molecular weight is 479 g/mol. The van der Waals surface area contributed by atoms with Crippen LogP contribution in [0.25, 0.3) is 0 Å². The average Bonchev–Trinajstić information content (AvgIpc) is 3.17. The zero-order chi connectivity index (χ0) is 23.9. The molecule has 0 bridgehead atoms. The summed E-state index contributed by atoms with van der Waals surface area (Å²) >= 11 is 6.55. The SMILES string of the molecule is O=C(OC[C@H]1C[C@H](Cl)C(OC(=O)c2ccccc2)C1OC(=O)c1ccccc1)c1ccccc1. The first-order valence-corrected chi connectivity index (χ1v) is 11.3. The molecule has 1 saturated carbocycles. The van der Waals surface area contributed by atoms with Gasteiger partial charge < -0.3 is 14.2 Å². The van der Waals surface area contributed by atoms with Crippen LogP contribution in [0, 0.1) is 5.92 Å². The summed E-state index contributed by atoms with van der Waals surface area (Å²) < 4.78 is 17.0. The third-order valence-electron chi connectivity index (χ3n) is 5.62. The van der Waals surface area contributed by atoms with Gasteiger partial charge in [0, 0.05) is 5.92 Å². The van der Waals surface area contributed by atoms with E-state index in [4.69, 9.17) is 25.8 Å². The molecule has 2 unspecified atom stereocenters. The van der Waals surface area contributed by atoms with Gasteiger partial charge in [-0.05, 0) is 42.8 Å². The maximum absolute atomic E-state index is 12.8. The summed E-state index contributed by atoms with van der Waals surface area (Å²) in [6.07, 6.45) is -1.45. The van der Waals surface area contributed by atoms with Gasteiger partial charge in [0.25, 0.3) is 0 Å². The minimum absolute atomic E-state index is 0.0386. The lowest BCUT2D eigenvalue weighted by molar-refractivity contribution is -0.0426. The molecule has 0 amide bonds. The van der Waals surface area contributed by atoms with E-state index in [2.05, 4.69) is 0 Å². The molecule has 174 valence electrons. The molecule has 0 spiro atoms. The Kier molecular flexibility index (Phi) is 7.60. The third kappa shape index (κ3) is 5.64. The second-order valence-electron chi connectivity index (χ2n) is 7.95. The molecule has 1 aliphatic carbocycles. The van der Waals surface area contributed by atoms with Gasteiger partial charge in [0.05, 0.1) is 28.7 Å². The number of benzene rings is 3. The number of rotatable bonds is 7. The second kappa shape index (κ2) is 11.0. The number of esters is 3. The van der Waals surface area contributed by atoms with Crippen molar-refractivity contribution in [3.05, 3.63) is 108 Å². The topological polar surface area (TPSA) is 78.9 Å². The highest BCUT2D eigenvalue weighted by atomic mass is 35.5. The van der Waals surface area contributed by atoms with Crippen molar-refractivity contribution in [1.82, 2.24) is 0 Å². The summed E-state index contributed by atoms with van der Waals surface area (Å²) in [6.45, 7) is -0.0386. The normalized spacial score (nSPS) is 21.4. The summed E-state index contributed by atoms with van der Waals surface area (Å²) in [6, 6.07) is 25.6. The van der Waals surface area contributed by atoms with Crippen molar-refractivity contribution in [1.29, 1.82) is 0 Å². The fourth-order valence-corrected chi connectivity index (χ4v) is 4.29. The van der Waals surface area contributed by atoms with Gasteiger partial charge in [-0.25, -0.2) is 14.4 Å². The Morgan fingerprint density at radius 1 is 0.647 bits per heavy atom. The van der Waals surface area contributed by atoms with E-state index in [9.17, 15) is 14.4 Å². The van der Waals surface area contributed by atoms with Crippen LogP contribution in [0.4, 0.5) is 0 Å². The fourth-order valence-electron chi connectivity index (χ4n) is 3.87. The lowest BCUT2D eigenvalue weighted by Gasteiger charge is -2.25. The maximum Gasteiger partial charge on any atom is 0.338 e. The van der Waals surface area contributed by atoms with Crippen LogP contribution in [0.2, 0.25) is 0 Å². The predicted octanol–water partition coefficient (Wildman–Crippen LogP) is 4.92. The first-order valence-electron chi connectivity index (χ1n) is 10.9. The highest BCUT2D eigenvalue weighted by molar-refractivity contribution is 6.21. The highest BCUT2D eigenvalue weighted by Crippen LogP contribution is 2.36. The molecule has 0 aromatic heterocycles. The molecule has 4 atom stereocenters. The van der Waals surface area contributed by atoms with E-state index < -0.39 is 41.4 Å². The number of hydrogen-bond donors (Lipinski definition) is 0. The number of alkyl halides is 1. The number of hydrogen-bond acceptors (Lipinski definition) is 6. The largest absolute Gasteiger partial charge is 0.462 e. The number of ether oxygens (including phenoxy) is 3. The summed E-state index contributed by atoms with van der Waals surface area (Å²) in [7, 11) is 0. The van der Waals surface area contributed by atoms with Crippen molar-refractivity contribution in [2.24, 2.45) is 5.92 Å². The summed E-state index contributed by atoms with van der Waals surface area (Å²) in [5.74, 6) is -2.09. The molecular weight excluding hydrogens is 456 g/mol. The molecule has 3 aromatic carbocycles. The van der Waals surface area contributed by atoms with Crippen molar-refractivity contribution < 1.29 is 28.6 Å². The van der Waals surface area contributed by atoms with Crippen LogP contribution in [0.1, 0.15) is 37.5 Å². The van der Waals surface area contributed by atoms with E-state index in [0.717, 1.165) is 0 Å². The Labute approximate surface area is 202 Å². The van der Waals surface area contributed by atoms with Crippen LogP contribution in [-0.4, -0.2) is 42.1 Å². The van der Waals surface area contributed by atoms with Gasteiger partial charge in [-0.1, -0.05) is 54.6 Å². The van der Waals surface area contributed by atoms with Gasteiger partial charge in [-0.15, -0.1) is 11.6 Å². The molecular formula is C27H23ClO6. The minimum atomic E-state index is -0.900. The molecule has 0 heterocycles. The summed E-state index contributed by atoms with van der Waals surface area (Å²) in [4.78, 5) is 37.9. The van der Waals surface area contributed by atoms with Crippen molar-refractivity contribution in [3.63, 3.8) is 0 Å². The molecule has 7 heteroatoms. The lowest BCUT2D eigenvalue weighted by Crippen LogP contribution is -2.39. The highest BCUT2D eigenvalue weighted by Gasteiger charge is 2.48. The predicted molar refractivity (Wildman–Crippen MR) is 126 cm³/mol. The first-order chi connectivity index (χ1) is 16.5. The van der Waals surface area contributed by atoms with Crippen LogP contribution >= 0.6 is 11.6 Å². The molecule has 1 fully saturated rings. The van der Waals surface area contributed by atoms with Crippen molar-refractivity contribution in [2.45, 2.75) is 24.0 Å². The molecule has 0 saturated heterocycles. The molecule has 4 rings (SSSR count). The van der Waals surface area contributed by atoms with E-state index in [1.807, 2.05) is 0 Å². The van der Waals surface area contributed by atoms with Crippen LogP contribution < -0.4 is 0 Å². The molecule has 0 N–H and O–H groups in total. The van der Waals surface area contributed by atoms with E-state index in [0.29, 0.717) is 23.1 Å². The molecule has 0 aliphatic heterocycles. The zero-order valence-corrected chi connectivity index (χ0v) is 19.0. The van der Waals surface area contributed by atoms with E-state index in [1.165, 1.54) is 0 Å². The number of halogens is 1. The quantitative estimate of drug-likeness (QED) is 0.272. The van der Waals surface area contributed by atoms with Gasteiger partial charge in [0.1, 0.15) is 6.10 Å². The Morgan fingerprint density at radius 3 is 1.53 bits per heavy atom. The molecule has 1 aliphatic rings. The van der Waals surface area contributed by atoms with E-state index in [1.54, 1.807) is 91.0 Å².